The monoisotopic (exact) mass is 578 g/mol. The number of thiophene rings is 1. The molecule has 9 aromatic rings. The first-order valence-corrected chi connectivity index (χ1v) is 15.7. The van der Waals surface area contributed by atoms with E-state index in [-0.39, 0.29) is 0 Å². The average Bonchev–Trinajstić information content (AvgIpc) is 3.47. The van der Waals surface area contributed by atoms with E-state index in [0.29, 0.717) is 0 Å². The minimum atomic E-state index is 1.07. The molecule has 0 aliphatic carbocycles. The van der Waals surface area contributed by atoms with Gasteiger partial charge in [-0.25, -0.2) is 4.98 Å². The molecule has 0 aliphatic heterocycles. The zero-order chi connectivity index (χ0) is 29.0. The Morgan fingerprint density at radius 3 is 1.86 bits per heavy atom. The molecule has 3 heteroatoms. The van der Waals surface area contributed by atoms with Crippen LogP contribution in [0.4, 0.5) is 17.1 Å². The number of aromatic nitrogens is 1. The van der Waals surface area contributed by atoms with E-state index in [1.165, 1.54) is 58.9 Å². The molecule has 2 heterocycles. The van der Waals surface area contributed by atoms with E-state index in [1.54, 1.807) is 11.3 Å². The number of benzene rings is 7. The predicted octanol–water partition coefficient (Wildman–Crippen LogP) is 12.0. The van der Waals surface area contributed by atoms with E-state index in [1.807, 2.05) is 12.3 Å². The molecule has 9 rings (SSSR count). The summed E-state index contributed by atoms with van der Waals surface area (Å²) in [4.78, 5) is 8.09. The van der Waals surface area contributed by atoms with Crippen LogP contribution in [0.1, 0.15) is 0 Å². The molecule has 0 saturated heterocycles. The summed E-state index contributed by atoms with van der Waals surface area (Å²) >= 11 is 1.75. The number of pyridine rings is 1. The van der Waals surface area contributed by atoms with Crippen molar-refractivity contribution in [3.63, 3.8) is 0 Å². The molecule has 0 amide bonds. The van der Waals surface area contributed by atoms with E-state index in [9.17, 15) is 0 Å². The molecule has 0 atom stereocenters. The van der Waals surface area contributed by atoms with Gasteiger partial charge in [0.05, 0.1) is 0 Å². The quantitative estimate of drug-likeness (QED) is 0.193. The molecule has 0 bridgehead atoms. The Morgan fingerprint density at radius 2 is 1.02 bits per heavy atom. The van der Waals surface area contributed by atoms with Gasteiger partial charge in [-0.3, -0.25) is 0 Å². The smallest absolute Gasteiger partial charge is 0.124 e. The van der Waals surface area contributed by atoms with Crippen LogP contribution in [0.3, 0.4) is 0 Å². The number of nitrogens with zero attached hydrogens (tertiary/aromatic N) is 2. The molecule has 0 fully saturated rings. The van der Waals surface area contributed by atoms with Gasteiger partial charge in [0.25, 0.3) is 0 Å². The normalized spacial score (nSPS) is 11.6. The third kappa shape index (κ3) is 4.05. The maximum atomic E-state index is 4.64. The van der Waals surface area contributed by atoms with Crippen LogP contribution in [0.15, 0.2) is 158 Å². The van der Waals surface area contributed by atoms with Gasteiger partial charge in [-0.15, -0.1) is 11.3 Å². The summed E-state index contributed by atoms with van der Waals surface area (Å²) in [6.07, 6.45) is 1.88. The number of anilines is 3. The Kier molecular flexibility index (Phi) is 5.71. The Labute approximate surface area is 259 Å². The second-order valence-corrected chi connectivity index (χ2v) is 12.3. The lowest BCUT2D eigenvalue weighted by Crippen LogP contribution is -2.09. The molecule has 0 radical (unpaired) electrons. The van der Waals surface area contributed by atoms with Crippen molar-refractivity contribution in [1.82, 2.24) is 4.98 Å². The maximum absolute atomic E-state index is 4.64. The number of hydrogen-bond donors (Lipinski definition) is 0. The minimum Gasteiger partial charge on any atom is -0.310 e. The lowest BCUT2D eigenvalue weighted by Gasteiger charge is -2.26. The van der Waals surface area contributed by atoms with E-state index in [2.05, 4.69) is 155 Å². The van der Waals surface area contributed by atoms with Crippen molar-refractivity contribution >= 4 is 81.0 Å². The van der Waals surface area contributed by atoms with Gasteiger partial charge in [0, 0.05) is 38.7 Å². The first kappa shape index (κ1) is 25.0. The van der Waals surface area contributed by atoms with Crippen LogP contribution >= 0.6 is 11.3 Å². The van der Waals surface area contributed by atoms with Gasteiger partial charge in [-0.05, 0) is 98.0 Å². The van der Waals surface area contributed by atoms with Crippen molar-refractivity contribution in [2.45, 2.75) is 0 Å². The highest BCUT2D eigenvalue weighted by atomic mass is 32.1. The Bertz CT molecular complexity index is 2490. The standard InChI is InChI=1S/C41H26N2S/c1-2-7-27(8-3-1)28-12-17-31(18-13-28)43(33-20-23-40-39(26-33)37-11-6-24-42-41(37)44-40)32-19-14-30-16-21-35-34-10-5-4-9-29(34)15-22-36(35)38(30)25-32/h1-26H. The fourth-order valence-corrected chi connectivity index (χ4v) is 7.59. The molecule has 0 aliphatic rings. The summed E-state index contributed by atoms with van der Waals surface area (Å²) in [6.45, 7) is 0. The lowest BCUT2D eigenvalue weighted by atomic mass is 9.96. The molecule has 0 saturated carbocycles. The lowest BCUT2D eigenvalue weighted by molar-refractivity contribution is 1.30. The van der Waals surface area contributed by atoms with E-state index >= 15 is 0 Å². The van der Waals surface area contributed by atoms with Gasteiger partial charge >= 0.3 is 0 Å². The van der Waals surface area contributed by atoms with Gasteiger partial charge in [-0.1, -0.05) is 97.1 Å². The third-order valence-corrected chi connectivity index (χ3v) is 9.80. The molecule has 44 heavy (non-hydrogen) atoms. The average molecular weight is 579 g/mol. The largest absolute Gasteiger partial charge is 0.310 e. The predicted molar refractivity (Wildman–Crippen MR) is 190 cm³/mol. The van der Waals surface area contributed by atoms with Crippen molar-refractivity contribution < 1.29 is 0 Å². The first-order chi connectivity index (χ1) is 21.8. The van der Waals surface area contributed by atoms with Gasteiger partial charge < -0.3 is 4.90 Å². The van der Waals surface area contributed by atoms with Crippen molar-refractivity contribution in [3.8, 4) is 11.1 Å². The van der Waals surface area contributed by atoms with E-state index in [0.717, 1.165) is 21.9 Å². The Balaban J connectivity index is 1.26. The van der Waals surface area contributed by atoms with Crippen molar-refractivity contribution in [2.75, 3.05) is 4.90 Å². The number of rotatable bonds is 4. The summed E-state index contributed by atoms with van der Waals surface area (Å²) in [5.74, 6) is 0. The first-order valence-electron chi connectivity index (χ1n) is 14.9. The molecule has 7 aromatic carbocycles. The van der Waals surface area contributed by atoms with Crippen molar-refractivity contribution in [1.29, 1.82) is 0 Å². The summed E-state index contributed by atoms with van der Waals surface area (Å²) < 4.78 is 1.25. The topological polar surface area (TPSA) is 16.1 Å². The zero-order valence-corrected chi connectivity index (χ0v) is 24.6. The highest BCUT2D eigenvalue weighted by Gasteiger charge is 2.17. The van der Waals surface area contributed by atoms with Gasteiger partial charge in [0.15, 0.2) is 0 Å². The van der Waals surface area contributed by atoms with Gasteiger partial charge in [0.2, 0.25) is 0 Å². The SMILES string of the molecule is c1ccc(-c2ccc(N(c3ccc4ccc5c6ccccc6ccc5c4c3)c3ccc4sc5ncccc5c4c3)cc2)cc1. The second-order valence-electron chi connectivity index (χ2n) is 11.2. The van der Waals surface area contributed by atoms with E-state index in [4.69, 9.17) is 0 Å². The molecule has 0 unspecified atom stereocenters. The molecule has 0 N–H and O–H groups in total. The number of fused-ring (bicyclic) bond motifs is 8. The Hall–Kier alpha value is -5.51. The maximum Gasteiger partial charge on any atom is 0.124 e. The van der Waals surface area contributed by atoms with E-state index < -0.39 is 0 Å². The molecular formula is C41H26N2S. The Morgan fingerprint density at radius 1 is 0.409 bits per heavy atom. The molecule has 206 valence electrons. The fourth-order valence-electron chi connectivity index (χ4n) is 6.56. The van der Waals surface area contributed by atoms with Crippen molar-refractivity contribution in [2.24, 2.45) is 0 Å². The molecule has 0 spiro atoms. The number of hydrogen-bond acceptors (Lipinski definition) is 3. The van der Waals surface area contributed by atoms with Gasteiger partial charge in [0.1, 0.15) is 4.83 Å². The molecule has 2 nitrogen and oxygen atoms in total. The second kappa shape index (κ2) is 10.0. The molecule has 2 aromatic heterocycles. The van der Waals surface area contributed by atoms with Crippen LogP contribution in [0, 0.1) is 0 Å². The van der Waals surface area contributed by atoms with Crippen LogP contribution < -0.4 is 4.90 Å². The zero-order valence-electron chi connectivity index (χ0n) is 23.8. The van der Waals surface area contributed by atoms with Crippen LogP contribution in [0.5, 0.6) is 0 Å². The van der Waals surface area contributed by atoms with Crippen LogP contribution in [-0.4, -0.2) is 4.98 Å². The van der Waals surface area contributed by atoms with Gasteiger partial charge in [-0.2, -0.15) is 0 Å². The fraction of sp³-hybridized carbons (Fsp3) is 0. The third-order valence-electron chi connectivity index (χ3n) is 8.71. The molecular weight excluding hydrogens is 553 g/mol. The van der Waals surface area contributed by atoms with Crippen LogP contribution in [0.25, 0.3) is 63.7 Å². The van der Waals surface area contributed by atoms with Crippen LogP contribution in [0.2, 0.25) is 0 Å². The summed E-state index contributed by atoms with van der Waals surface area (Å²) in [6, 6.07) is 55.0. The highest BCUT2D eigenvalue weighted by Crippen LogP contribution is 2.42. The van der Waals surface area contributed by atoms with Crippen LogP contribution in [-0.2, 0) is 0 Å². The summed E-state index contributed by atoms with van der Waals surface area (Å²) in [5.41, 5.74) is 5.79. The van der Waals surface area contributed by atoms with Crippen molar-refractivity contribution in [3.05, 3.63) is 158 Å². The summed E-state index contributed by atoms with van der Waals surface area (Å²) in [5, 5.41) is 10.0. The minimum absolute atomic E-state index is 1.07. The summed E-state index contributed by atoms with van der Waals surface area (Å²) in [7, 11) is 0. The highest BCUT2D eigenvalue weighted by molar-refractivity contribution is 7.25.